The fraction of sp³-hybridized carbons (Fsp3) is 1.00. The molecule has 0 aromatic rings. The molecule has 15 heavy (non-hydrogen) atoms. The molecule has 1 saturated heterocycles. The van der Waals surface area contributed by atoms with Gasteiger partial charge in [0.2, 0.25) is 0 Å². The standard InChI is InChI=1S/C12H25NO2/c1-10-8-12(9-11(2)15-10)13-6-4-3-5-7-14/h10-14H,3-9H2,1-2H3. The van der Waals surface area contributed by atoms with E-state index in [4.69, 9.17) is 9.84 Å². The molecule has 1 heterocycles. The van der Waals surface area contributed by atoms with Crippen LogP contribution in [0.3, 0.4) is 0 Å². The van der Waals surface area contributed by atoms with E-state index in [0.717, 1.165) is 32.2 Å². The molecule has 3 nitrogen and oxygen atoms in total. The third kappa shape index (κ3) is 5.50. The fourth-order valence-electron chi connectivity index (χ4n) is 2.29. The molecule has 0 saturated carbocycles. The summed E-state index contributed by atoms with van der Waals surface area (Å²) in [5.41, 5.74) is 0. The average molecular weight is 215 g/mol. The first kappa shape index (κ1) is 12.9. The van der Waals surface area contributed by atoms with Crippen LogP contribution in [0.25, 0.3) is 0 Å². The SMILES string of the molecule is CC1CC(NCCCCCO)CC(C)O1. The van der Waals surface area contributed by atoms with Crippen molar-refractivity contribution in [3.8, 4) is 0 Å². The summed E-state index contributed by atoms with van der Waals surface area (Å²) in [5.74, 6) is 0. The highest BCUT2D eigenvalue weighted by Crippen LogP contribution is 2.18. The van der Waals surface area contributed by atoms with Crippen LogP contribution in [0.4, 0.5) is 0 Å². The first-order valence-electron chi connectivity index (χ1n) is 6.22. The van der Waals surface area contributed by atoms with Gasteiger partial charge in [-0.15, -0.1) is 0 Å². The van der Waals surface area contributed by atoms with Crippen LogP contribution in [0.5, 0.6) is 0 Å². The number of rotatable bonds is 6. The van der Waals surface area contributed by atoms with Crippen molar-refractivity contribution in [1.29, 1.82) is 0 Å². The Bertz CT molecular complexity index is 154. The van der Waals surface area contributed by atoms with Crippen LogP contribution in [0.2, 0.25) is 0 Å². The highest BCUT2D eigenvalue weighted by atomic mass is 16.5. The topological polar surface area (TPSA) is 41.5 Å². The largest absolute Gasteiger partial charge is 0.396 e. The highest BCUT2D eigenvalue weighted by Gasteiger charge is 2.23. The fourth-order valence-corrected chi connectivity index (χ4v) is 2.29. The minimum absolute atomic E-state index is 0.325. The summed E-state index contributed by atoms with van der Waals surface area (Å²) >= 11 is 0. The van der Waals surface area contributed by atoms with Crippen LogP contribution in [-0.4, -0.2) is 36.5 Å². The Kier molecular flexibility index (Phi) is 6.22. The number of aliphatic hydroxyl groups excluding tert-OH is 1. The van der Waals surface area contributed by atoms with Crippen molar-refractivity contribution in [2.24, 2.45) is 0 Å². The third-order valence-electron chi connectivity index (χ3n) is 2.97. The van der Waals surface area contributed by atoms with Gasteiger partial charge in [0.25, 0.3) is 0 Å². The molecule has 0 amide bonds. The van der Waals surface area contributed by atoms with Gasteiger partial charge in [-0.05, 0) is 52.5 Å². The smallest absolute Gasteiger partial charge is 0.0565 e. The van der Waals surface area contributed by atoms with Crippen LogP contribution in [0.1, 0.15) is 46.0 Å². The first-order chi connectivity index (χ1) is 7.22. The van der Waals surface area contributed by atoms with Gasteiger partial charge in [-0.2, -0.15) is 0 Å². The van der Waals surface area contributed by atoms with E-state index >= 15 is 0 Å². The van der Waals surface area contributed by atoms with E-state index in [-0.39, 0.29) is 0 Å². The third-order valence-corrected chi connectivity index (χ3v) is 2.97. The summed E-state index contributed by atoms with van der Waals surface area (Å²) in [5, 5.41) is 12.2. The molecule has 3 heteroatoms. The molecule has 2 unspecified atom stereocenters. The van der Waals surface area contributed by atoms with Gasteiger partial charge in [-0.1, -0.05) is 0 Å². The lowest BCUT2D eigenvalue weighted by atomic mass is 10.00. The Balaban J connectivity index is 2.04. The molecule has 0 bridgehead atoms. The Morgan fingerprint density at radius 1 is 1.13 bits per heavy atom. The molecule has 2 N–H and O–H groups in total. The predicted molar refractivity (Wildman–Crippen MR) is 62.0 cm³/mol. The van der Waals surface area contributed by atoms with Gasteiger partial charge in [-0.3, -0.25) is 0 Å². The maximum atomic E-state index is 8.65. The lowest BCUT2D eigenvalue weighted by Gasteiger charge is -2.32. The van der Waals surface area contributed by atoms with Gasteiger partial charge in [0.15, 0.2) is 0 Å². The Labute approximate surface area is 93.2 Å². The predicted octanol–water partition coefficient (Wildman–Crippen LogP) is 1.69. The molecule has 1 aliphatic heterocycles. The molecule has 1 rings (SSSR count). The summed E-state index contributed by atoms with van der Waals surface area (Å²) in [6.07, 6.45) is 6.27. The zero-order chi connectivity index (χ0) is 11.1. The van der Waals surface area contributed by atoms with Crippen LogP contribution < -0.4 is 5.32 Å². The first-order valence-corrected chi connectivity index (χ1v) is 6.22. The van der Waals surface area contributed by atoms with E-state index in [1.54, 1.807) is 0 Å². The summed E-state index contributed by atoms with van der Waals surface area (Å²) in [6, 6.07) is 0.623. The van der Waals surface area contributed by atoms with Gasteiger partial charge >= 0.3 is 0 Å². The van der Waals surface area contributed by atoms with Gasteiger partial charge in [0.1, 0.15) is 0 Å². The van der Waals surface area contributed by atoms with E-state index in [0.29, 0.717) is 24.9 Å². The Morgan fingerprint density at radius 3 is 2.40 bits per heavy atom. The second-order valence-electron chi connectivity index (χ2n) is 4.66. The summed E-state index contributed by atoms with van der Waals surface area (Å²) in [4.78, 5) is 0. The summed E-state index contributed by atoms with van der Waals surface area (Å²) in [6.45, 7) is 5.70. The molecular formula is C12H25NO2. The number of unbranched alkanes of at least 4 members (excludes halogenated alkanes) is 2. The van der Waals surface area contributed by atoms with E-state index in [1.807, 2.05) is 0 Å². The van der Waals surface area contributed by atoms with Crippen LogP contribution in [0.15, 0.2) is 0 Å². The maximum absolute atomic E-state index is 8.65. The van der Waals surface area contributed by atoms with Crippen molar-refractivity contribution in [1.82, 2.24) is 5.32 Å². The molecule has 90 valence electrons. The van der Waals surface area contributed by atoms with E-state index < -0.39 is 0 Å². The monoisotopic (exact) mass is 215 g/mol. The zero-order valence-corrected chi connectivity index (χ0v) is 10.0. The second kappa shape index (κ2) is 7.20. The van der Waals surface area contributed by atoms with Crippen molar-refractivity contribution in [2.45, 2.75) is 64.2 Å². The lowest BCUT2D eigenvalue weighted by molar-refractivity contribution is -0.0420. The van der Waals surface area contributed by atoms with Gasteiger partial charge in [0.05, 0.1) is 12.2 Å². The highest BCUT2D eigenvalue weighted by molar-refractivity contribution is 4.78. The van der Waals surface area contributed by atoms with E-state index in [1.165, 1.54) is 6.42 Å². The van der Waals surface area contributed by atoms with E-state index in [2.05, 4.69) is 19.2 Å². The molecular weight excluding hydrogens is 190 g/mol. The van der Waals surface area contributed by atoms with Gasteiger partial charge < -0.3 is 15.2 Å². The summed E-state index contributed by atoms with van der Waals surface area (Å²) in [7, 11) is 0. The molecule has 0 aromatic carbocycles. The lowest BCUT2D eigenvalue weighted by Crippen LogP contribution is -2.41. The van der Waals surface area contributed by atoms with E-state index in [9.17, 15) is 0 Å². The van der Waals surface area contributed by atoms with Crippen LogP contribution >= 0.6 is 0 Å². The Hall–Kier alpha value is -0.120. The van der Waals surface area contributed by atoms with Crippen molar-refractivity contribution in [3.63, 3.8) is 0 Å². The van der Waals surface area contributed by atoms with Crippen molar-refractivity contribution in [3.05, 3.63) is 0 Å². The molecule has 1 fully saturated rings. The van der Waals surface area contributed by atoms with Crippen molar-refractivity contribution >= 4 is 0 Å². The minimum atomic E-state index is 0.325. The second-order valence-corrected chi connectivity index (χ2v) is 4.66. The number of ether oxygens (including phenoxy) is 1. The number of aliphatic hydroxyl groups is 1. The Morgan fingerprint density at radius 2 is 1.80 bits per heavy atom. The maximum Gasteiger partial charge on any atom is 0.0565 e. The number of hydrogen-bond acceptors (Lipinski definition) is 3. The average Bonchev–Trinajstić information content (AvgIpc) is 2.16. The normalized spacial score (nSPS) is 31.8. The zero-order valence-electron chi connectivity index (χ0n) is 10.0. The van der Waals surface area contributed by atoms with Crippen LogP contribution in [-0.2, 0) is 4.74 Å². The molecule has 0 aromatic heterocycles. The molecule has 0 radical (unpaired) electrons. The summed E-state index contributed by atoms with van der Waals surface area (Å²) < 4.78 is 5.69. The minimum Gasteiger partial charge on any atom is -0.396 e. The quantitative estimate of drug-likeness (QED) is 0.663. The number of hydrogen-bond donors (Lipinski definition) is 2. The number of nitrogens with one attached hydrogen (secondary N) is 1. The van der Waals surface area contributed by atoms with Gasteiger partial charge in [-0.25, -0.2) is 0 Å². The van der Waals surface area contributed by atoms with Gasteiger partial charge in [0, 0.05) is 12.6 Å². The molecule has 1 aliphatic rings. The molecule has 0 spiro atoms. The molecule has 2 atom stereocenters. The molecule has 0 aliphatic carbocycles. The van der Waals surface area contributed by atoms with Crippen molar-refractivity contribution < 1.29 is 9.84 Å². The van der Waals surface area contributed by atoms with Crippen LogP contribution in [0, 0.1) is 0 Å². The van der Waals surface area contributed by atoms with Crippen molar-refractivity contribution in [2.75, 3.05) is 13.2 Å².